The van der Waals surface area contributed by atoms with E-state index >= 15 is 0 Å². The molecule has 3 aromatic carbocycles. The van der Waals surface area contributed by atoms with Crippen LogP contribution in [0.1, 0.15) is 32.6 Å². The molecule has 0 heterocycles. The van der Waals surface area contributed by atoms with Crippen LogP contribution in [0.2, 0.25) is 0 Å². The molecule has 0 aliphatic carbocycles. The topological polar surface area (TPSA) is 81.7 Å². The smallest absolute Gasteiger partial charge is 0.337 e. The van der Waals surface area contributed by atoms with E-state index < -0.39 is 16.0 Å². The summed E-state index contributed by atoms with van der Waals surface area (Å²) in [4.78, 5) is 11.7. The van der Waals surface area contributed by atoms with Crippen LogP contribution in [-0.4, -0.2) is 21.5 Å². The number of carbonyl (C=O) groups excluding carboxylic acids is 1. The number of nitrogens with one attached hydrogen (secondary N) is 1. The molecule has 3 rings (SSSR count). The number of rotatable bonds is 9. The molecule has 0 radical (unpaired) electrons. The van der Waals surface area contributed by atoms with Crippen LogP contribution in [0.15, 0.2) is 77.7 Å². The van der Waals surface area contributed by atoms with Gasteiger partial charge in [-0.1, -0.05) is 54.6 Å². The van der Waals surface area contributed by atoms with E-state index in [1.54, 1.807) is 6.92 Å². The van der Waals surface area contributed by atoms with E-state index in [-0.39, 0.29) is 11.4 Å². The molecule has 0 atom stereocenters. The van der Waals surface area contributed by atoms with Crippen molar-refractivity contribution in [3.8, 4) is 0 Å². The van der Waals surface area contributed by atoms with Gasteiger partial charge in [0, 0.05) is 6.54 Å². The minimum atomic E-state index is -3.72. The van der Waals surface area contributed by atoms with Crippen LogP contribution in [-0.2, 0) is 39.3 Å². The number of hydrogen-bond acceptors (Lipinski definition) is 5. The summed E-state index contributed by atoms with van der Waals surface area (Å²) in [6, 6.07) is 21.9. The molecule has 7 heteroatoms. The second-order valence-electron chi connectivity index (χ2n) is 7.09. The third kappa shape index (κ3) is 6.24. The quantitative estimate of drug-likeness (QED) is 0.510. The SMILES string of the molecule is COC(=O)c1ccc(S(=O)(=O)NCc2ccc(COCc3ccccc3)cc2)c(C)c1. The van der Waals surface area contributed by atoms with Gasteiger partial charge in [0.15, 0.2) is 0 Å². The first-order valence-corrected chi connectivity index (χ1v) is 11.3. The third-order valence-corrected chi connectivity index (χ3v) is 6.32. The Morgan fingerprint density at radius 3 is 2.10 bits per heavy atom. The van der Waals surface area contributed by atoms with Crippen molar-refractivity contribution in [2.45, 2.75) is 31.6 Å². The van der Waals surface area contributed by atoms with Crippen molar-refractivity contribution in [1.29, 1.82) is 0 Å². The van der Waals surface area contributed by atoms with E-state index in [2.05, 4.69) is 9.46 Å². The Morgan fingerprint density at radius 2 is 1.48 bits per heavy atom. The van der Waals surface area contributed by atoms with E-state index in [1.165, 1.54) is 25.3 Å². The summed E-state index contributed by atoms with van der Waals surface area (Å²) in [6.45, 7) is 2.82. The standard InChI is InChI=1S/C24H25NO5S/c1-18-14-22(24(26)29-2)12-13-23(18)31(27,28)25-15-19-8-10-21(11-9-19)17-30-16-20-6-4-3-5-7-20/h3-14,25H,15-17H2,1-2H3. The summed E-state index contributed by atoms with van der Waals surface area (Å²) in [5.41, 5.74) is 3.74. The predicted molar refractivity (Wildman–Crippen MR) is 118 cm³/mol. The molecule has 0 aliphatic heterocycles. The Labute approximate surface area is 182 Å². The second-order valence-corrected chi connectivity index (χ2v) is 8.83. The predicted octanol–water partition coefficient (Wildman–Crippen LogP) is 3.98. The van der Waals surface area contributed by atoms with Crippen molar-refractivity contribution in [2.24, 2.45) is 0 Å². The fraction of sp³-hybridized carbons (Fsp3) is 0.208. The van der Waals surface area contributed by atoms with Gasteiger partial charge in [-0.15, -0.1) is 0 Å². The van der Waals surface area contributed by atoms with Gasteiger partial charge < -0.3 is 9.47 Å². The first-order valence-electron chi connectivity index (χ1n) is 9.77. The summed E-state index contributed by atoms with van der Waals surface area (Å²) < 4.78 is 38.3. The van der Waals surface area contributed by atoms with E-state index in [1.807, 2.05) is 54.6 Å². The molecule has 0 bridgehead atoms. The van der Waals surface area contributed by atoms with Gasteiger partial charge in [-0.05, 0) is 47.4 Å². The van der Waals surface area contributed by atoms with Gasteiger partial charge in [0.25, 0.3) is 0 Å². The molecule has 0 saturated heterocycles. The van der Waals surface area contributed by atoms with E-state index in [4.69, 9.17) is 4.74 Å². The molecule has 1 N–H and O–H groups in total. The molecule has 0 unspecified atom stereocenters. The van der Waals surface area contributed by atoms with Crippen LogP contribution in [0.5, 0.6) is 0 Å². The zero-order valence-electron chi connectivity index (χ0n) is 17.5. The Bertz CT molecular complexity index is 1130. The molecule has 0 fully saturated rings. The first kappa shape index (κ1) is 22.7. The molecule has 3 aromatic rings. The van der Waals surface area contributed by atoms with Gasteiger partial charge in [0.2, 0.25) is 10.0 Å². The van der Waals surface area contributed by atoms with Gasteiger partial charge in [0.05, 0.1) is 30.8 Å². The molecule has 0 amide bonds. The van der Waals surface area contributed by atoms with Gasteiger partial charge in [-0.3, -0.25) is 0 Å². The largest absolute Gasteiger partial charge is 0.465 e. The average molecular weight is 440 g/mol. The monoisotopic (exact) mass is 439 g/mol. The highest BCUT2D eigenvalue weighted by Crippen LogP contribution is 2.18. The summed E-state index contributed by atoms with van der Waals surface area (Å²) in [5, 5.41) is 0. The number of sulfonamides is 1. The lowest BCUT2D eigenvalue weighted by atomic mass is 10.1. The lowest BCUT2D eigenvalue weighted by molar-refractivity contribution is 0.0600. The Morgan fingerprint density at radius 1 is 0.871 bits per heavy atom. The molecular weight excluding hydrogens is 414 g/mol. The molecule has 0 spiro atoms. The summed E-state index contributed by atoms with van der Waals surface area (Å²) in [5.74, 6) is -0.507. The van der Waals surface area contributed by atoms with Gasteiger partial charge >= 0.3 is 5.97 Å². The van der Waals surface area contributed by atoms with E-state index in [0.29, 0.717) is 24.3 Å². The lowest BCUT2D eigenvalue weighted by Gasteiger charge is -2.11. The minimum absolute atomic E-state index is 0.131. The van der Waals surface area contributed by atoms with Gasteiger partial charge in [0.1, 0.15) is 0 Å². The first-order chi connectivity index (χ1) is 14.9. The number of benzene rings is 3. The number of aryl methyl sites for hydroxylation is 1. The molecule has 0 aromatic heterocycles. The number of methoxy groups -OCH3 is 1. The van der Waals surface area contributed by atoms with Crippen LogP contribution in [0, 0.1) is 6.92 Å². The molecule has 162 valence electrons. The molecule has 31 heavy (non-hydrogen) atoms. The normalized spacial score (nSPS) is 11.3. The van der Waals surface area contributed by atoms with Crippen molar-refractivity contribution >= 4 is 16.0 Å². The number of carbonyl (C=O) groups is 1. The van der Waals surface area contributed by atoms with Crippen molar-refractivity contribution in [3.63, 3.8) is 0 Å². The summed E-state index contributed by atoms with van der Waals surface area (Å²) in [7, 11) is -2.44. The molecule has 0 aliphatic rings. The zero-order valence-corrected chi connectivity index (χ0v) is 18.3. The fourth-order valence-electron chi connectivity index (χ4n) is 3.07. The van der Waals surface area contributed by atoms with Crippen molar-refractivity contribution in [2.75, 3.05) is 7.11 Å². The maximum absolute atomic E-state index is 12.7. The highest BCUT2D eigenvalue weighted by molar-refractivity contribution is 7.89. The van der Waals surface area contributed by atoms with Crippen molar-refractivity contribution in [3.05, 3.63) is 101 Å². The lowest BCUT2D eigenvalue weighted by Crippen LogP contribution is -2.24. The highest BCUT2D eigenvalue weighted by Gasteiger charge is 2.18. The molecule has 0 saturated carbocycles. The molecular formula is C24H25NO5S. The Balaban J connectivity index is 1.56. The fourth-order valence-corrected chi connectivity index (χ4v) is 4.31. The maximum Gasteiger partial charge on any atom is 0.337 e. The van der Waals surface area contributed by atoms with Crippen molar-refractivity contribution < 1.29 is 22.7 Å². The third-order valence-electron chi connectivity index (χ3n) is 4.76. The van der Waals surface area contributed by atoms with Crippen LogP contribution in [0.3, 0.4) is 0 Å². The van der Waals surface area contributed by atoms with Crippen LogP contribution < -0.4 is 4.72 Å². The average Bonchev–Trinajstić information content (AvgIpc) is 2.78. The summed E-state index contributed by atoms with van der Waals surface area (Å²) in [6.07, 6.45) is 0. The maximum atomic E-state index is 12.7. The highest BCUT2D eigenvalue weighted by atomic mass is 32.2. The van der Waals surface area contributed by atoms with Gasteiger partial charge in [-0.2, -0.15) is 0 Å². The Hall–Kier alpha value is -3.00. The number of esters is 1. The van der Waals surface area contributed by atoms with Crippen molar-refractivity contribution in [1.82, 2.24) is 4.72 Å². The van der Waals surface area contributed by atoms with Crippen LogP contribution in [0.25, 0.3) is 0 Å². The van der Waals surface area contributed by atoms with Gasteiger partial charge in [-0.25, -0.2) is 17.9 Å². The van der Waals surface area contributed by atoms with E-state index in [0.717, 1.165) is 16.7 Å². The summed E-state index contributed by atoms with van der Waals surface area (Å²) >= 11 is 0. The number of hydrogen-bond donors (Lipinski definition) is 1. The minimum Gasteiger partial charge on any atom is -0.465 e. The second kappa shape index (κ2) is 10.3. The molecule has 6 nitrogen and oxygen atoms in total. The van der Waals surface area contributed by atoms with Crippen LogP contribution in [0.4, 0.5) is 0 Å². The van der Waals surface area contributed by atoms with Crippen LogP contribution >= 0.6 is 0 Å². The van der Waals surface area contributed by atoms with E-state index in [9.17, 15) is 13.2 Å². The Kier molecular flexibility index (Phi) is 7.57. The number of ether oxygens (including phenoxy) is 2. The zero-order chi connectivity index (χ0) is 22.3.